The van der Waals surface area contributed by atoms with Gasteiger partial charge in [-0.15, -0.1) is 0 Å². The first-order valence-corrected chi connectivity index (χ1v) is 13.3. The van der Waals surface area contributed by atoms with Crippen molar-refractivity contribution in [1.82, 2.24) is 0 Å². The minimum atomic E-state index is -1.28. The molecule has 0 radical (unpaired) electrons. The Kier molecular flexibility index (Phi) is 9.09. The molecule has 0 atom stereocenters. The van der Waals surface area contributed by atoms with Crippen LogP contribution in [-0.4, -0.2) is 22.0 Å². The van der Waals surface area contributed by atoms with Crippen molar-refractivity contribution in [2.24, 2.45) is 0 Å². The van der Waals surface area contributed by atoms with Gasteiger partial charge in [-0.05, 0) is 56.4 Å². The number of carbonyl (C=O) groups is 2. The van der Waals surface area contributed by atoms with E-state index in [0.29, 0.717) is 5.56 Å². The minimum Gasteiger partial charge on any atom is -0.382 e. The summed E-state index contributed by atoms with van der Waals surface area (Å²) in [5.74, 6) is -0.247. The van der Waals surface area contributed by atoms with Crippen LogP contribution in [0.25, 0.3) is 0 Å². The predicted octanol–water partition coefficient (Wildman–Crippen LogP) is 6.53. The van der Waals surface area contributed by atoms with Crippen molar-refractivity contribution in [2.45, 2.75) is 40.2 Å². The highest BCUT2D eigenvalue weighted by Gasteiger charge is 2.26. The first kappa shape index (κ1) is 27.2. The molecule has 36 heavy (non-hydrogen) atoms. The molecule has 0 bridgehead atoms. The summed E-state index contributed by atoms with van der Waals surface area (Å²) in [5, 5.41) is 11.6. The summed E-state index contributed by atoms with van der Waals surface area (Å²) in [5.41, 5.74) is 3.71. The third-order valence-corrected chi connectivity index (χ3v) is 7.97. The van der Waals surface area contributed by atoms with E-state index in [-0.39, 0.29) is 11.3 Å². The Balaban J connectivity index is 0.000000253. The summed E-state index contributed by atoms with van der Waals surface area (Å²) in [6.45, 7) is 9.13. The zero-order valence-electron chi connectivity index (χ0n) is 21.5. The topological polar surface area (TPSA) is 54.4 Å². The zero-order chi connectivity index (χ0) is 26.3. The quantitative estimate of drug-likeness (QED) is 0.244. The second-order valence-corrected chi connectivity index (χ2v) is 11.4. The van der Waals surface area contributed by atoms with E-state index in [0.717, 1.165) is 27.3 Å². The Hall–Kier alpha value is -3.39. The number of Topliss-reactive ketones (excluding diaryl/α,β-unsaturated/α-hetero) is 1. The van der Waals surface area contributed by atoms with Crippen molar-refractivity contribution < 1.29 is 14.7 Å². The lowest BCUT2D eigenvalue weighted by molar-refractivity contribution is 0.0488. The van der Waals surface area contributed by atoms with Gasteiger partial charge in [-0.3, -0.25) is 9.59 Å². The number of ketones is 1. The van der Waals surface area contributed by atoms with Gasteiger partial charge in [0.05, 0.1) is 0 Å². The van der Waals surface area contributed by atoms with Crippen LogP contribution in [0.2, 0.25) is 0 Å². The van der Waals surface area contributed by atoms with E-state index in [1.807, 2.05) is 56.3 Å². The van der Waals surface area contributed by atoms with E-state index in [4.69, 9.17) is 0 Å². The van der Waals surface area contributed by atoms with Crippen LogP contribution < -0.4 is 10.6 Å². The number of benzene rings is 4. The Labute approximate surface area is 215 Å². The Morgan fingerprint density at radius 3 is 1.44 bits per heavy atom. The summed E-state index contributed by atoms with van der Waals surface area (Å²) < 4.78 is 0. The van der Waals surface area contributed by atoms with E-state index in [2.05, 4.69) is 43.3 Å². The van der Waals surface area contributed by atoms with Crippen LogP contribution in [0.3, 0.4) is 0 Å². The number of carbonyl (C=O) groups excluding carboxylic acids is 2. The molecule has 0 spiro atoms. The van der Waals surface area contributed by atoms with Gasteiger partial charge in [0.1, 0.15) is 5.60 Å². The van der Waals surface area contributed by atoms with Gasteiger partial charge < -0.3 is 5.11 Å². The standard InChI is InChI=1S/C22H21OP.C10H12O2/c1-16-14-17(2)21(18(3)15-16)22(23)24(19-10-6-4-7-11-19)20-12-8-5-9-13-20;1-10(2,12)9(11)8-6-4-3-5-7-8/h4-15H,1-3H3;3-7,12H,1-2H3. The number of rotatable bonds is 6. The molecule has 4 rings (SSSR count). The molecule has 0 aliphatic carbocycles. The van der Waals surface area contributed by atoms with Gasteiger partial charge >= 0.3 is 0 Å². The molecule has 3 nitrogen and oxygen atoms in total. The van der Waals surface area contributed by atoms with Crippen LogP contribution in [-0.2, 0) is 0 Å². The van der Waals surface area contributed by atoms with Crippen molar-refractivity contribution in [2.75, 3.05) is 0 Å². The fourth-order valence-electron chi connectivity index (χ4n) is 4.11. The fraction of sp³-hybridized carbons (Fsp3) is 0.188. The van der Waals surface area contributed by atoms with Gasteiger partial charge in [0.2, 0.25) is 0 Å². The summed E-state index contributed by atoms with van der Waals surface area (Å²) in [4.78, 5) is 24.9. The molecule has 0 unspecified atom stereocenters. The average molecular weight is 497 g/mol. The third-order valence-electron chi connectivity index (χ3n) is 5.71. The third kappa shape index (κ3) is 6.85. The first-order valence-electron chi connectivity index (χ1n) is 11.9. The van der Waals surface area contributed by atoms with Crippen molar-refractivity contribution in [3.05, 3.63) is 131 Å². The molecule has 4 heteroatoms. The largest absolute Gasteiger partial charge is 0.382 e. The van der Waals surface area contributed by atoms with Crippen LogP contribution >= 0.6 is 7.92 Å². The minimum absolute atomic E-state index is 0.234. The van der Waals surface area contributed by atoms with E-state index < -0.39 is 13.5 Å². The van der Waals surface area contributed by atoms with Gasteiger partial charge in [-0.25, -0.2) is 0 Å². The monoisotopic (exact) mass is 496 g/mol. The maximum Gasteiger partial charge on any atom is 0.193 e. The molecule has 4 aromatic carbocycles. The van der Waals surface area contributed by atoms with Gasteiger partial charge in [0, 0.05) is 19.0 Å². The lowest BCUT2D eigenvalue weighted by atomic mass is 9.97. The summed E-state index contributed by atoms with van der Waals surface area (Å²) in [6, 6.07) is 33.3. The SMILES string of the molecule is CC(C)(O)C(=O)c1ccccc1.Cc1cc(C)c(C(=O)P(c2ccccc2)c2ccccc2)c(C)c1. The number of aryl methyl sites for hydroxylation is 3. The first-order chi connectivity index (χ1) is 17.1. The summed E-state index contributed by atoms with van der Waals surface area (Å²) in [7, 11) is -1.07. The molecule has 0 heterocycles. The van der Waals surface area contributed by atoms with Crippen molar-refractivity contribution in [3.8, 4) is 0 Å². The smallest absolute Gasteiger partial charge is 0.193 e. The van der Waals surface area contributed by atoms with Crippen LogP contribution in [0.4, 0.5) is 0 Å². The van der Waals surface area contributed by atoms with E-state index >= 15 is 0 Å². The molecule has 4 aromatic rings. The lowest BCUT2D eigenvalue weighted by Gasteiger charge is -2.20. The lowest BCUT2D eigenvalue weighted by Crippen LogP contribution is -2.30. The highest BCUT2D eigenvalue weighted by atomic mass is 31.1. The average Bonchev–Trinajstić information content (AvgIpc) is 2.85. The fourth-order valence-corrected chi connectivity index (χ4v) is 6.39. The molecule has 0 fully saturated rings. The molecule has 0 aliphatic heterocycles. The number of hydrogen-bond acceptors (Lipinski definition) is 3. The van der Waals surface area contributed by atoms with Gasteiger partial charge in [-0.1, -0.05) is 109 Å². The molecular weight excluding hydrogens is 463 g/mol. The summed E-state index contributed by atoms with van der Waals surface area (Å²) in [6.07, 6.45) is 0. The second kappa shape index (κ2) is 12.0. The molecule has 0 saturated carbocycles. The van der Waals surface area contributed by atoms with Gasteiger partial charge in [0.15, 0.2) is 11.3 Å². The number of aliphatic hydroxyl groups is 1. The van der Waals surface area contributed by atoms with Crippen molar-refractivity contribution >= 4 is 29.8 Å². The second-order valence-electron chi connectivity index (χ2n) is 9.34. The summed E-state index contributed by atoms with van der Waals surface area (Å²) >= 11 is 0. The Morgan fingerprint density at radius 2 is 1.06 bits per heavy atom. The van der Waals surface area contributed by atoms with Crippen LogP contribution in [0.5, 0.6) is 0 Å². The Bertz CT molecular complexity index is 1250. The van der Waals surface area contributed by atoms with E-state index in [1.165, 1.54) is 19.4 Å². The van der Waals surface area contributed by atoms with Crippen molar-refractivity contribution in [3.63, 3.8) is 0 Å². The molecule has 0 aliphatic rings. The Morgan fingerprint density at radius 1 is 0.667 bits per heavy atom. The van der Waals surface area contributed by atoms with Gasteiger partial charge in [-0.2, -0.15) is 0 Å². The zero-order valence-corrected chi connectivity index (χ0v) is 22.4. The molecule has 0 aromatic heterocycles. The molecule has 1 N–H and O–H groups in total. The molecule has 0 saturated heterocycles. The van der Waals surface area contributed by atoms with Gasteiger partial charge in [0.25, 0.3) is 0 Å². The van der Waals surface area contributed by atoms with Crippen LogP contribution in [0.15, 0.2) is 103 Å². The van der Waals surface area contributed by atoms with E-state index in [1.54, 1.807) is 24.3 Å². The normalized spacial score (nSPS) is 11.0. The maximum absolute atomic E-state index is 13.5. The van der Waals surface area contributed by atoms with Crippen LogP contribution in [0.1, 0.15) is 51.3 Å². The maximum atomic E-state index is 13.5. The molecule has 0 amide bonds. The molecular formula is C32H33O3P. The van der Waals surface area contributed by atoms with Crippen molar-refractivity contribution in [1.29, 1.82) is 0 Å². The molecule has 184 valence electrons. The predicted molar refractivity (Wildman–Crippen MR) is 151 cm³/mol. The number of hydrogen-bond donors (Lipinski definition) is 1. The highest BCUT2D eigenvalue weighted by molar-refractivity contribution is 7.88. The highest BCUT2D eigenvalue weighted by Crippen LogP contribution is 2.39. The van der Waals surface area contributed by atoms with E-state index in [9.17, 15) is 14.7 Å². The van der Waals surface area contributed by atoms with Crippen LogP contribution in [0, 0.1) is 20.8 Å².